The fraction of sp³-hybridized carbons (Fsp3) is 1.00. The Morgan fingerprint density at radius 3 is 1.30 bits per heavy atom. The fourth-order valence-corrected chi connectivity index (χ4v) is 2.57. The van der Waals surface area contributed by atoms with Gasteiger partial charge in [-0.15, -0.1) is 0 Å². The molecule has 0 aromatic heterocycles. The molecule has 0 aliphatic carbocycles. The highest BCUT2D eigenvalue weighted by atomic mass is 79.9. The zero-order valence-corrected chi connectivity index (χ0v) is 15.5. The molecule has 3 heteroatoms. The second kappa shape index (κ2) is 21.7. The number of unbranched alkanes of at least 4 members (excludes halogenated alkanes) is 13. The lowest BCUT2D eigenvalue weighted by Gasteiger charge is -2.03. The van der Waals surface area contributed by atoms with Crippen molar-refractivity contribution in [1.82, 2.24) is 5.32 Å². The van der Waals surface area contributed by atoms with Gasteiger partial charge in [-0.25, -0.2) is 0 Å². The SMILES string of the molecule is CCCCCCCCCCCCCCCCNC[NH3+].[Br-]. The van der Waals surface area contributed by atoms with Gasteiger partial charge in [0.15, 0.2) is 0 Å². The maximum absolute atomic E-state index is 3.78. The van der Waals surface area contributed by atoms with E-state index in [0.29, 0.717) is 0 Å². The molecule has 2 nitrogen and oxygen atoms in total. The Morgan fingerprint density at radius 2 is 0.950 bits per heavy atom. The topological polar surface area (TPSA) is 39.7 Å². The molecular weight excluding hydrogens is 312 g/mol. The van der Waals surface area contributed by atoms with Crippen molar-refractivity contribution >= 4 is 0 Å². The maximum atomic E-state index is 3.78. The van der Waals surface area contributed by atoms with Crippen LogP contribution in [0.3, 0.4) is 0 Å². The summed E-state index contributed by atoms with van der Waals surface area (Å²) < 4.78 is 0. The molecule has 0 saturated carbocycles. The molecule has 0 saturated heterocycles. The van der Waals surface area contributed by atoms with Crippen LogP contribution in [0.4, 0.5) is 0 Å². The summed E-state index contributed by atoms with van der Waals surface area (Å²) in [5, 5.41) is 3.28. The second-order valence-electron chi connectivity index (χ2n) is 5.85. The van der Waals surface area contributed by atoms with Crippen molar-refractivity contribution in [2.45, 2.75) is 96.8 Å². The van der Waals surface area contributed by atoms with Crippen molar-refractivity contribution in [3.63, 3.8) is 0 Å². The number of quaternary nitrogens is 1. The van der Waals surface area contributed by atoms with Gasteiger partial charge in [0.2, 0.25) is 0 Å². The van der Waals surface area contributed by atoms with Crippen LogP contribution in [-0.4, -0.2) is 13.2 Å². The summed E-state index contributed by atoms with van der Waals surface area (Å²) >= 11 is 0. The Morgan fingerprint density at radius 1 is 0.600 bits per heavy atom. The van der Waals surface area contributed by atoms with Crippen LogP contribution in [0.15, 0.2) is 0 Å². The van der Waals surface area contributed by atoms with Crippen LogP contribution < -0.4 is 28.0 Å². The lowest BCUT2D eigenvalue weighted by atomic mass is 10.0. The van der Waals surface area contributed by atoms with Crippen molar-refractivity contribution < 1.29 is 22.7 Å². The predicted octanol–water partition coefficient (Wildman–Crippen LogP) is 1.26. The largest absolute Gasteiger partial charge is 1.00 e. The molecule has 0 radical (unpaired) electrons. The molecule has 20 heavy (non-hydrogen) atoms. The molecule has 0 rings (SSSR count). The average molecular weight is 351 g/mol. The van der Waals surface area contributed by atoms with Crippen LogP contribution in [-0.2, 0) is 0 Å². The van der Waals surface area contributed by atoms with Crippen LogP contribution in [0, 0.1) is 0 Å². The molecule has 124 valence electrons. The molecule has 0 fully saturated rings. The molecule has 0 aliphatic rings. The molecule has 4 N–H and O–H groups in total. The Hall–Kier alpha value is 0.400. The number of rotatable bonds is 16. The molecule has 0 unspecified atom stereocenters. The van der Waals surface area contributed by atoms with Crippen LogP contribution in [0.25, 0.3) is 0 Å². The van der Waals surface area contributed by atoms with Crippen LogP contribution >= 0.6 is 0 Å². The van der Waals surface area contributed by atoms with Crippen molar-refractivity contribution in [1.29, 1.82) is 0 Å². The summed E-state index contributed by atoms with van der Waals surface area (Å²) in [5.74, 6) is 0. The minimum absolute atomic E-state index is 0. The molecule has 0 heterocycles. The molecule has 0 atom stereocenters. The van der Waals surface area contributed by atoms with Gasteiger partial charge in [0.1, 0.15) is 6.67 Å². The third kappa shape index (κ3) is 20.7. The van der Waals surface area contributed by atoms with Gasteiger partial charge in [-0.2, -0.15) is 0 Å². The Bertz CT molecular complexity index is 138. The van der Waals surface area contributed by atoms with E-state index >= 15 is 0 Å². The minimum atomic E-state index is 0. The predicted molar refractivity (Wildman–Crippen MR) is 86.1 cm³/mol. The summed E-state index contributed by atoms with van der Waals surface area (Å²) in [7, 11) is 0. The van der Waals surface area contributed by atoms with Gasteiger partial charge in [0.05, 0.1) is 0 Å². The summed E-state index contributed by atoms with van der Waals surface area (Å²) in [6, 6.07) is 0. The summed E-state index contributed by atoms with van der Waals surface area (Å²) in [5.41, 5.74) is 3.78. The molecule has 0 amide bonds. The van der Waals surface area contributed by atoms with Crippen LogP contribution in [0.2, 0.25) is 0 Å². The Balaban J connectivity index is 0. The second-order valence-corrected chi connectivity index (χ2v) is 5.85. The summed E-state index contributed by atoms with van der Waals surface area (Å²) in [6.07, 6.45) is 20.1. The van der Waals surface area contributed by atoms with E-state index in [1.807, 2.05) is 0 Å². The molecule has 0 spiro atoms. The fourth-order valence-electron chi connectivity index (χ4n) is 2.57. The highest BCUT2D eigenvalue weighted by Gasteiger charge is 1.93. The van der Waals surface area contributed by atoms with E-state index < -0.39 is 0 Å². The molecule has 0 aromatic carbocycles. The van der Waals surface area contributed by atoms with Crippen molar-refractivity contribution in [2.24, 2.45) is 0 Å². The van der Waals surface area contributed by atoms with E-state index in [1.165, 1.54) is 89.9 Å². The van der Waals surface area contributed by atoms with Crippen molar-refractivity contribution in [3.8, 4) is 0 Å². The quantitative estimate of drug-likeness (QED) is 0.319. The maximum Gasteiger partial charge on any atom is 0.127 e. The van der Waals surface area contributed by atoms with Gasteiger partial charge in [-0.05, 0) is 6.42 Å². The Kier molecular flexibility index (Phi) is 24.6. The summed E-state index contributed by atoms with van der Waals surface area (Å²) in [4.78, 5) is 0. The van der Waals surface area contributed by atoms with Gasteiger partial charge in [-0.1, -0.05) is 90.4 Å². The van der Waals surface area contributed by atoms with E-state index in [0.717, 1.165) is 13.2 Å². The highest BCUT2D eigenvalue weighted by molar-refractivity contribution is 4.50. The zero-order valence-electron chi connectivity index (χ0n) is 13.9. The first-order chi connectivity index (χ1) is 9.41. The van der Waals surface area contributed by atoms with Crippen LogP contribution in [0.1, 0.15) is 96.8 Å². The van der Waals surface area contributed by atoms with Crippen molar-refractivity contribution in [3.05, 3.63) is 0 Å². The number of hydrogen-bond donors (Lipinski definition) is 2. The van der Waals surface area contributed by atoms with E-state index in [1.54, 1.807) is 0 Å². The monoisotopic (exact) mass is 350 g/mol. The van der Waals surface area contributed by atoms with E-state index in [2.05, 4.69) is 18.0 Å². The van der Waals surface area contributed by atoms with E-state index in [-0.39, 0.29) is 17.0 Å². The number of hydrogen-bond acceptors (Lipinski definition) is 1. The zero-order chi connectivity index (χ0) is 14.0. The number of nitrogens with one attached hydrogen (secondary N) is 1. The third-order valence-electron chi connectivity index (χ3n) is 3.88. The molecule has 0 aliphatic heterocycles. The first kappa shape index (κ1) is 22.7. The van der Waals surface area contributed by atoms with Gasteiger partial charge in [0, 0.05) is 6.54 Å². The smallest absolute Gasteiger partial charge is 0.127 e. The first-order valence-electron chi connectivity index (χ1n) is 8.91. The molecular formula is C17H39BrN2. The first-order valence-corrected chi connectivity index (χ1v) is 8.91. The summed E-state index contributed by atoms with van der Waals surface area (Å²) in [6.45, 7) is 4.32. The average Bonchev–Trinajstić information content (AvgIpc) is 2.43. The lowest BCUT2D eigenvalue weighted by Crippen LogP contribution is -3.00. The van der Waals surface area contributed by atoms with Gasteiger partial charge < -0.3 is 22.7 Å². The van der Waals surface area contributed by atoms with Crippen LogP contribution in [0.5, 0.6) is 0 Å². The van der Waals surface area contributed by atoms with Gasteiger partial charge in [0.25, 0.3) is 0 Å². The van der Waals surface area contributed by atoms with Gasteiger partial charge >= 0.3 is 0 Å². The van der Waals surface area contributed by atoms with E-state index in [4.69, 9.17) is 0 Å². The van der Waals surface area contributed by atoms with E-state index in [9.17, 15) is 0 Å². The Labute approximate surface area is 138 Å². The number of halogens is 1. The molecule has 0 bridgehead atoms. The van der Waals surface area contributed by atoms with Gasteiger partial charge in [-0.3, -0.25) is 5.32 Å². The van der Waals surface area contributed by atoms with Crippen molar-refractivity contribution in [2.75, 3.05) is 13.2 Å². The normalized spacial score (nSPS) is 10.5. The molecule has 0 aromatic rings. The minimum Gasteiger partial charge on any atom is -1.00 e. The highest BCUT2D eigenvalue weighted by Crippen LogP contribution is 2.12. The standard InChI is InChI=1S/C17H38N2.BrH/c1-2-3-4-5-6-7-8-9-10-11-12-13-14-15-16-19-17-18;/h19H,2-18H2,1H3;1H. The lowest BCUT2D eigenvalue weighted by molar-refractivity contribution is -0.374. The third-order valence-corrected chi connectivity index (χ3v) is 3.88.